The van der Waals surface area contributed by atoms with Crippen LogP contribution in [0.2, 0.25) is 0 Å². The van der Waals surface area contributed by atoms with Crippen LogP contribution >= 0.6 is 0 Å². The molecule has 1 heterocycles. The average molecular weight is 465 g/mol. The number of amides is 2. The third kappa shape index (κ3) is 5.41. The number of aliphatic carboxylic acids is 1. The number of carbonyl (C=O) groups is 3. The van der Waals surface area contributed by atoms with Crippen molar-refractivity contribution >= 4 is 18.0 Å². The quantitative estimate of drug-likeness (QED) is 0.608. The molecule has 7 heteroatoms. The first-order valence-corrected chi connectivity index (χ1v) is 12.0. The molecule has 0 spiro atoms. The molecule has 1 fully saturated rings. The van der Waals surface area contributed by atoms with Crippen molar-refractivity contribution in [1.82, 2.24) is 10.2 Å². The number of hydrogen-bond acceptors (Lipinski definition) is 4. The predicted octanol–water partition coefficient (Wildman–Crippen LogP) is 4.26. The topological polar surface area (TPSA) is 95.9 Å². The van der Waals surface area contributed by atoms with Crippen LogP contribution in [0.15, 0.2) is 48.5 Å². The van der Waals surface area contributed by atoms with Gasteiger partial charge in [0.25, 0.3) is 0 Å². The number of piperidine rings is 1. The molecule has 1 aliphatic heterocycles. The van der Waals surface area contributed by atoms with E-state index in [1.54, 1.807) is 4.90 Å². The molecule has 34 heavy (non-hydrogen) atoms. The second-order valence-corrected chi connectivity index (χ2v) is 9.34. The standard InChI is InChI=1S/C27H32N2O5/c1-18(10-11-25(30)29-14-12-19(13-15-29)26(31)32)16-28-27(33)34-17-24-22-8-4-2-6-20(22)21-7-3-5-9-23(21)24/h2-9,18-19,24H,10-17H2,1H3,(H,28,33)(H,31,32). The number of ether oxygens (including phenoxy) is 1. The van der Waals surface area contributed by atoms with Gasteiger partial charge in [-0.3, -0.25) is 9.59 Å². The lowest BCUT2D eigenvalue weighted by Crippen LogP contribution is -2.40. The Morgan fingerprint density at radius 2 is 1.62 bits per heavy atom. The number of nitrogens with zero attached hydrogens (tertiary/aromatic N) is 1. The summed E-state index contributed by atoms with van der Waals surface area (Å²) in [6.07, 6.45) is 1.63. The minimum Gasteiger partial charge on any atom is -0.481 e. The molecule has 2 aromatic rings. The molecule has 2 N–H and O–H groups in total. The maximum absolute atomic E-state index is 12.4. The van der Waals surface area contributed by atoms with Gasteiger partial charge in [0.2, 0.25) is 5.91 Å². The van der Waals surface area contributed by atoms with Crippen molar-refractivity contribution < 1.29 is 24.2 Å². The Kier molecular flexibility index (Phi) is 7.50. The Morgan fingerprint density at radius 1 is 1.03 bits per heavy atom. The Bertz CT molecular complexity index is 999. The summed E-state index contributed by atoms with van der Waals surface area (Å²) < 4.78 is 5.57. The molecule has 7 nitrogen and oxygen atoms in total. The smallest absolute Gasteiger partial charge is 0.407 e. The SMILES string of the molecule is CC(CCC(=O)N1CCC(C(=O)O)CC1)CNC(=O)OCC1c2ccccc2-c2ccccc21. The Hall–Kier alpha value is -3.35. The lowest BCUT2D eigenvalue weighted by molar-refractivity contribution is -0.145. The maximum Gasteiger partial charge on any atom is 0.407 e. The molecule has 2 aromatic carbocycles. The van der Waals surface area contributed by atoms with Crippen molar-refractivity contribution in [3.8, 4) is 11.1 Å². The molecule has 1 saturated heterocycles. The molecule has 1 atom stereocenters. The van der Waals surface area contributed by atoms with Gasteiger partial charge in [0, 0.05) is 32.0 Å². The largest absolute Gasteiger partial charge is 0.481 e. The van der Waals surface area contributed by atoms with Gasteiger partial charge in [-0.2, -0.15) is 0 Å². The zero-order valence-corrected chi connectivity index (χ0v) is 19.5. The van der Waals surface area contributed by atoms with E-state index in [1.807, 2.05) is 31.2 Å². The maximum atomic E-state index is 12.4. The van der Waals surface area contributed by atoms with E-state index < -0.39 is 12.1 Å². The first kappa shape index (κ1) is 23.8. The van der Waals surface area contributed by atoms with Gasteiger partial charge in [0.15, 0.2) is 0 Å². The average Bonchev–Trinajstić information content (AvgIpc) is 3.18. The van der Waals surface area contributed by atoms with E-state index >= 15 is 0 Å². The highest BCUT2D eigenvalue weighted by atomic mass is 16.5. The Balaban J connectivity index is 1.18. The van der Waals surface area contributed by atoms with Crippen molar-refractivity contribution in [2.75, 3.05) is 26.2 Å². The second kappa shape index (κ2) is 10.7. The number of likely N-dealkylation sites (tertiary alicyclic amines) is 1. The highest BCUT2D eigenvalue weighted by Crippen LogP contribution is 2.44. The molecule has 2 amide bonds. The van der Waals surface area contributed by atoms with E-state index in [2.05, 4.69) is 29.6 Å². The summed E-state index contributed by atoms with van der Waals surface area (Å²) in [5.41, 5.74) is 4.74. The van der Waals surface area contributed by atoms with Gasteiger partial charge < -0.3 is 20.1 Å². The number of hydrogen-bond donors (Lipinski definition) is 2. The number of benzene rings is 2. The monoisotopic (exact) mass is 464 g/mol. The number of alkyl carbamates (subject to hydrolysis) is 1. The number of carboxylic acids is 1. The molecule has 180 valence electrons. The molecule has 4 rings (SSSR count). The first-order valence-electron chi connectivity index (χ1n) is 12.0. The molecule has 2 aliphatic rings. The fraction of sp³-hybridized carbons (Fsp3) is 0.444. The fourth-order valence-corrected chi connectivity index (χ4v) is 4.91. The number of carbonyl (C=O) groups excluding carboxylic acids is 2. The van der Waals surface area contributed by atoms with Crippen LogP contribution in [0.1, 0.15) is 49.7 Å². The van der Waals surface area contributed by atoms with Gasteiger partial charge in [-0.25, -0.2) is 4.79 Å². The predicted molar refractivity (Wildman–Crippen MR) is 128 cm³/mol. The number of nitrogens with one attached hydrogen (secondary N) is 1. The van der Waals surface area contributed by atoms with Crippen LogP contribution in [-0.2, 0) is 14.3 Å². The van der Waals surface area contributed by atoms with Crippen LogP contribution in [0, 0.1) is 11.8 Å². The summed E-state index contributed by atoms with van der Waals surface area (Å²) >= 11 is 0. The summed E-state index contributed by atoms with van der Waals surface area (Å²) in [6, 6.07) is 16.4. The first-order chi connectivity index (χ1) is 16.4. The van der Waals surface area contributed by atoms with Gasteiger partial charge in [-0.15, -0.1) is 0 Å². The van der Waals surface area contributed by atoms with E-state index in [9.17, 15) is 14.4 Å². The lowest BCUT2D eigenvalue weighted by Gasteiger charge is -2.30. The van der Waals surface area contributed by atoms with E-state index in [0.29, 0.717) is 45.3 Å². The molecule has 1 aliphatic carbocycles. The molecule has 0 saturated carbocycles. The molecule has 1 unspecified atom stereocenters. The van der Waals surface area contributed by atoms with Crippen LogP contribution in [0.3, 0.4) is 0 Å². The van der Waals surface area contributed by atoms with Crippen molar-refractivity contribution in [3.05, 3.63) is 59.7 Å². The van der Waals surface area contributed by atoms with Crippen LogP contribution in [0.5, 0.6) is 0 Å². The van der Waals surface area contributed by atoms with E-state index in [0.717, 1.165) is 0 Å². The van der Waals surface area contributed by atoms with Gasteiger partial charge in [0.05, 0.1) is 5.92 Å². The second-order valence-electron chi connectivity index (χ2n) is 9.34. The highest BCUT2D eigenvalue weighted by molar-refractivity contribution is 5.79. The van der Waals surface area contributed by atoms with Crippen LogP contribution < -0.4 is 5.32 Å². The highest BCUT2D eigenvalue weighted by Gasteiger charge is 2.29. The molecule has 0 aromatic heterocycles. The summed E-state index contributed by atoms with van der Waals surface area (Å²) in [6.45, 7) is 3.71. The lowest BCUT2D eigenvalue weighted by atomic mass is 9.96. The van der Waals surface area contributed by atoms with Crippen LogP contribution in [0.4, 0.5) is 4.79 Å². The summed E-state index contributed by atoms with van der Waals surface area (Å²) in [4.78, 5) is 37.6. The Labute approximate surface area is 200 Å². The van der Waals surface area contributed by atoms with Gasteiger partial charge in [-0.1, -0.05) is 55.5 Å². The Morgan fingerprint density at radius 3 is 2.21 bits per heavy atom. The summed E-state index contributed by atoms with van der Waals surface area (Å²) in [5.74, 6) is -0.916. The molecule has 0 bridgehead atoms. The van der Waals surface area contributed by atoms with Crippen molar-refractivity contribution in [2.24, 2.45) is 11.8 Å². The van der Waals surface area contributed by atoms with Crippen LogP contribution in [0.25, 0.3) is 11.1 Å². The van der Waals surface area contributed by atoms with E-state index in [4.69, 9.17) is 9.84 Å². The molecular formula is C27H32N2O5. The molecular weight excluding hydrogens is 432 g/mol. The van der Waals surface area contributed by atoms with Crippen molar-refractivity contribution in [3.63, 3.8) is 0 Å². The minimum atomic E-state index is -0.778. The summed E-state index contributed by atoms with van der Waals surface area (Å²) in [5, 5.41) is 11.9. The van der Waals surface area contributed by atoms with E-state index in [-0.39, 0.29) is 30.3 Å². The van der Waals surface area contributed by atoms with Crippen LogP contribution in [-0.4, -0.2) is 54.2 Å². The molecule has 0 radical (unpaired) electrons. The zero-order valence-electron chi connectivity index (χ0n) is 19.5. The van der Waals surface area contributed by atoms with Gasteiger partial charge in [0.1, 0.15) is 6.61 Å². The van der Waals surface area contributed by atoms with Crippen molar-refractivity contribution in [2.45, 2.75) is 38.5 Å². The van der Waals surface area contributed by atoms with Crippen molar-refractivity contribution in [1.29, 1.82) is 0 Å². The fourth-order valence-electron chi connectivity index (χ4n) is 4.91. The van der Waals surface area contributed by atoms with Gasteiger partial charge in [-0.05, 0) is 47.4 Å². The normalized spacial score (nSPS) is 16.4. The minimum absolute atomic E-state index is 0.0264. The zero-order chi connectivity index (χ0) is 24.1. The van der Waals surface area contributed by atoms with E-state index in [1.165, 1.54) is 22.3 Å². The summed E-state index contributed by atoms with van der Waals surface area (Å²) in [7, 11) is 0. The number of rotatable bonds is 8. The third-order valence-electron chi connectivity index (χ3n) is 6.99. The number of fused-ring (bicyclic) bond motifs is 3. The third-order valence-corrected chi connectivity index (χ3v) is 6.99. The number of carboxylic acid groups (broad SMARTS) is 1. The van der Waals surface area contributed by atoms with Gasteiger partial charge >= 0.3 is 12.1 Å².